The first-order valence-corrected chi connectivity index (χ1v) is 6.81. The Labute approximate surface area is 122 Å². The van der Waals surface area contributed by atoms with Crippen LogP contribution in [-0.4, -0.2) is 30.1 Å². The minimum absolute atomic E-state index is 0.0785. The van der Waals surface area contributed by atoms with Crippen LogP contribution >= 0.6 is 0 Å². The maximum absolute atomic E-state index is 12.2. The minimum atomic E-state index is -2.86. The molecule has 6 heteroatoms. The van der Waals surface area contributed by atoms with E-state index in [1.54, 1.807) is 17.9 Å². The molecule has 1 aliphatic heterocycles. The number of benzene rings is 1. The van der Waals surface area contributed by atoms with Crippen LogP contribution in [0.1, 0.15) is 18.9 Å². The standard InChI is InChI=1S/C15H18F2N2O2/c1-3-11-5-4-8-19(11)15(20)18-13-7-6-12(9-10(13)2)21-14(16)17/h4-7,9,11,14H,3,8H2,1-2H3,(H,18,20)/t11-/m1/s1. The summed E-state index contributed by atoms with van der Waals surface area (Å²) in [7, 11) is 0. The number of aryl methyl sites for hydroxylation is 1. The summed E-state index contributed by atoms with van der Waals surface area (Å²) in [4.78, 5) is 13.9. The fraction of sp³-hybridized carbons (Fsp3) is 0.400. The Balaban J connectivity index is 2.04. The predicted molar refractivity (Wildman–Crippen MR) is 76.8 cm³/mol. The van der Waals surface area contributed by atoms with Gasteiger partial charge in [-0.3, -0.25) is 0 Å². The van der Waals surface area contributed by atoms with Crippen LogP contribution in [0.15, 0.2) is 30.4 Å². The third-order valence-electron chi connectivity index (χ3n) is 3.40. The van der Waals surface area contributed by atoms with Crippen LogP contribution < -0.4 is 10.1 Å². The highest BCUT2D eigenvalue weighted by Gasteiger charge is 2.23. The SMILES string of the molecule is CC[C@@H]1C=CCN1C(=O)Nc1ccc(OC(F)F)cc1C. The summed E-state index contributed by atoms with van der Waals surface area (Å²) in [6, 6.07) is 4.36. The number of hydrogen-bond acceptors (Lipinski definition) is 2. The van der Waals surface area contributed by atoms with E-state index >= 15 is 0 Å². The summed E-state index contributed by atoms with van der Waals surface area (Å²) in [5.41, 5.74) is 1.25. The Morgan fingerprint density at radius 1 is 1.52 bits per heavy atom. The number of nitrogens with one attached hydrogen (secondary N) is 1. The average molecular weight is 296 g/mol. The summed E-state index contributed by atoms with van der Waals surface area (Å²) in [5.74, 6) is 0.0785. The van der Waals surface area contributed by atoms with E-state index in [9.17, 15) is 13.6 Å². The van der Waals surface area contributed by atoms with Gasteiger partial charge in [-0.2, -0.15) is 8.78 Å². The van der Waals surface area contributed by atoms with Gasteiger partial charge in [0, 0.05) is 12.2 Å². The molecule has 1 atom stereocenters. The number of hydrogen-bond donors (Lipinski definition) is 1. The van der Waals surface area contributed by atoms with Crippen LogP contribution in [0, 0.1) is 6.92 Å². The Hall–Kier alpha value is -2.11. The Kier molecular flexibility index (Phi) is 4.77. The van der Waals surface area contributed by atoms with Crippen molar-refractivity contribution >= 4 is 11.7 Å². The fourth-order valence-electron chi connectivity index (χ4n) is 2.30. The van der Waals surface area contributed by atoms with Gasteiger partial charge in [0.2, 0.25) is 0 Å². The molecule has 1 heterocycles. The summed E-state index contributed by atoms with van der Waals surface area (Å²) in [6.45, 7) is 1.47. The maximum Gasteiger partial charge on any atom is 0.387 e. The van der Waals surface area contributed by atoms with Gasteiger partial charge in [-0.25, -0.2) is 4.79 Å². The molecular formula is C15H18F2N2O2. The number of carbonyl (C=O) groups is 1. The van der Waals surface area contributed by atoms with E-state index in [1.807, 2.05) is 19.1 Å². The molecule has 0 aromatic heterocycles. The third-order valence-corrected chi connectivity index (χ3v) is 3.40. The number of anilines is 1. The molecule has 0 radical (unpaired) electrons. The summed E-state index contributed by atoms with van der Waals surface area (Å²) >= 11 is 0. The quantitative estimate of drug-likeness (QED) is 0.859. The highest BCUT2D eigenvalue weighted by Crippen LogP contribution is 2.24. The van der Waals surface area contributed by atoms with Gasteiger partial charge in [-0.1, -0.05) is 19.1 Å². The van der Waals surface area contributed by atoms with E-state index < -0.39 is 6.61 Å². The molecule has 1 N–H and O–H groups in total. The van der Waals surface area contributed by atoms with Crippen molar-refractivity contribution in [3.05, 3.63) is 35.9 Å². The van der Waals surface area contributed by atoms with Crippen molar-refractivity contribution in [2.45, 2.75) is 32.9 Å². The number of ether oxygens (including phenoxy) is 1. The highest BCUT2D eigenvalue weighted by atomic mass is 19.3. The summed E-state index contributed by atoms with van der Waals surface area (Å²) in [5, 5.41) is 2.80. The number of rotatable bonds is 4. The van der Waals surface area contributed by atoms with E-state index in [-0.39, 0.29) is 17.8 Å². The van der Waals surface area contributed by atoms with Crippen molar-refractivity contribution in [2.24, 2.45) is 0 Å². The van der Waals surface area contributed by atoms with Gasteiger partial charge in [0.1, 0.15) is 5.75 Å². The number of alkyl halides is 2. The van der Waals surface area contributed by atoms with Crippen molar-refractivity contribution in [3.8, 4) is 5.75 Å². The van der Waals surface area contributed by atoms with Crippen LogP contribution in [-0.2, 0) is 0 Å². The Morgan fingerprint density at radius 3 is 2.90 bits per heavy atom. The number of amides is 2. The van der Waals surface area contributed by atoms with Crippen LogP contribution in [0.3, 0.4) is 0 Å². The maximum atomic E-state index is 12.2. The molecule has 0 bridgehead atoms. The number of carbonyl (C=O) groups excluding carboxylic acids is 1. The van der Waals surface area contributed by atoms with Crippen molar-refractivity contribution in [1.29, 1.82) is 0 Å². The molecule has 0 spiro atoms. The normalized spacial score (nSPS) is 17.4. The molecule has 21 heavy (non-hydrogen) atoms. The zero-order valence-corrected chi connectivity index (χ0v) is 12.0. The lowest BCUT2D eigenvalue weighted by Crippen LogP contribution is -2.39. The second kappa shape index (κ2) is 6.56. The first-order valence-electron chi connectivity index (χ1n) is 6.81. The average Bonchev–Trinajstić information content (AvgIpc) is 2.89. The van der Waals surface area contributed by atoms with Crippen LogP contribution in [0.25, 0.3) is 0 Å². The third kappa shape index (κ3) is 3.71. The van der Waals surface area contributed by atoms with E-state index in [2.05, 4.69) is 10.1 Å². The van der Waals surface area contributed by atoms with E-state index in [1.165, 1.54) is 12.1 Å². The van der Waals surface area contributed by atoms with Gasteiger partial charge in [-0.15, -0.1) is 0 Å². The Bertz CT molecular complexity index is 546. The first-order chi connectivity index (χ1) is 10.0. The number of urea groups is 1. The van der Waals surface area contributed by atoms with Gasteiger partial charge in [0.05, 0.1) is 6.04 Å². The highest BCUT2D eigenvalue weighted by molar-refractivity contribution is 5.91. The first kappa shape index (κ1) is 15.3. The molecule has 114 valence electrons. The molecule has 2 amide bonds. The van der Waals surface area contributed by atoms with Gasteiger partial charge >= 0.3 is 12.6 Å². The van der Waals surface area contributed by atoms with Crippen LogP contribution in [0.2, 0.25) is 0 Å². The van der Waals surface area contributed by atoms with Crippen LogP contribution in [0.4, 0.5) is 19.3 Å². The van der Waals surface area contributed by atoms with E-state index in [0.29, 0.717) is 17.8 Å². The van der Waals surface area contributed by atoms with Crippen molar-refractivity contribution in [3.63, 3.8) is 0 Å². The van der Waals surface area contributed by atoms with E-state index in [0.717, 1.165) is 6.42 Å². The molecule has 1 aliphatic rings. The van der Waals surface area contributed by atoms with Gasteiger partial charge < -0.3 is 15.0 Å². The molecular weight excluding hydrogens is 278 g/mol. The molecule has 0 fully saturated rings. The zero-order valence-electron chi connectivity index (χ0n) is 12.0. The zero-order chi connectivity index (χ0) is 15.4. The fourth-order valence-corrected chi connectivity index (χ4v) is 2.30. The molecule has 4 nitrogen and oxygen atoms in total. The predicted octanol–water partition coefficient (Wildman–Crippen LogP) is 3.78. The molecule has 0 unspecified atom stereocenters. The smallest absolute Gasteiger partial charge is 0.387 e. The summed E-state index contributed by atoms with van der Waals surface area (Å²) in [6.07, 6.45) is 4.82. The van der Waals surface area contributed by atoms with Crippen molar-refractivity contribution in [2.75, 3.05) is 11.9 Å². The summed E-state index contributed by atoms with van der Waals surface area (Å²) < 4.78 is 28.6. The molecule has 2 rings (SSSR count). The monoisotopic (exact) mass is 296 g/mol. The topological polar surface area (TPSA) is 41.6 Å². The van der Waals surface area contributed by atoms with Gasteiger partial charge in [0.15, 0.2) is 0 Å². The lowest BCUT2D eigenvalue weighted by molar-refractivity contribution is -0.0498. The Morgan fingerprint density at radius 2 is 2.29 bits per heavy atom. The molecule has 1 aromatic rings. The molecule has 1 aromatic carbocycles. The van der Waals surface area contributed by atoms with Crippen LogP contribution in [0.5, 0.6) is 5.75 Å². The lowest BCUT2D eigenvalue weighted by Gasteiger charge is -2.24. The molecule has 0 saturated carbocycles. The second-order valence-corrected chi connectivity index (χ2v) is 4.84. The van der Waals surface area contributed by atoms with Crippen molar-refractivity contribution < 1.29 is 18.3 Å². The van der Waals surface area contributed by atoms with Gasteiger partial charge in [-0.05, 0) is 37.1 Å². The van der Waals surface area contributed by atoms with E-state index in [4.69, 9.17) is 0 Å². The second-order valence-electron chi connectivity index (χ2n) is 4.84. The van der Waals surface area contributed by atoms with Crippen molar-refractivity contribution in [1.82, 2.24) is 4.90 Å². The minimum Gasteiger partial charge on any atom is -0.435 e. The number of halogens is 2. The van der Waals surface area contributed by atoms with Gasteiger partial charge in [0.25, 0.3) is 0 Å². The lowest BCUT2D eigenvalue weighted by atomic mass is 10.2. The molecule has 0 saturated heterocycles. The molecule has 0 aliphatic carbocycles. The largest absolute Gasteiger partial charge is 0.435 e. The number of nitrogens with zero attached hydrogens (tertiary/aromatic N) is 1.